The van der Waals surface area contributed by atoms with E-state index >= 15 is 0 Å². The highest BCUT2D eigenvalue weighted by atomic mass is 28.4. The van der Waals surface area contributed by atoms with Crippen molar-refractivity contribution in [3.8, 4) is 0 Å². The minimum absolute atomic E-state index is 0.224. The average molecular weight is 190 g/mol. The van der Waals surface area contributed by atoms with Gasteiger partial charge in [-0.3, -0.25) is 9.59 Å². The van der Waals surface area contributed by atoms with E-state index in [1.165, 1.54) is 13.8 Å². The first-order chi connectivity index (χ1) is 5.33. The molecule has 0 aromatic rings. The van der Waals surface area contributed by atoms with E-state index in [2.05, 4.69) is 0 Å². The van der Waals surface area contributed by atoms with E-state index in [0.29, 0.717) is 0 Å². The van der Waals surface area contributed by atoms with Crippen LogP contribution in [-0.2, 0) is 18.8 Å². The largest absolute Gasteiger partial charge is 0.516 e. The summed E-state index contributed by atoms with van der Waals surface area (Å²) in [7, 11) is -2.12. The second kappa shape index (κ2) is 4.25. The lowest BCUT2D eigenvalue weighted by atomic mass is 10.8. The number of carbonyl (C=O) groups excluding carboxylic acids is 2. The third-order valence-corrected chi connectivity index (χ3v) is 2.72. The van der Waals surface area contributed by atoms with Crippen LogP contribution in [-0.4, -0.2) is 26.5 Å². The third-order valence-electron chi connectivity index (χ3n) is 1.04. The van der Waals surface area contributed by atoms with Gasteiger partial charge >= 0.3 is 5.97 Å². The van der Waals surface area contributed by atoms with E-state index in [4.69, 9.17) is 9.16 Å². The molecule has 0 aromatic carbocycles. The number of hydrogen-bond acceptors (Lipinski definition) is 4. The molecule has 0 unspecified atom stereocenters. The predicted octanol–water partition coefficient (Wildman–Crippen LogP) is 0.857. The molecule has 0 heterocycles. The molecule has 0 aliphatic carbocycles. The first-order valence-corrected chi connectivity index (χ1v) is 6.78. The van der Waals surface area contributed by atoms with Crippen molar-refractivity contribution in [3.63, 3.8) is 0 Å². The lowest BCUT2D eigenvalue weighted by molar-refractivity contribution is -0.141. The Bertz CT molecular complexity index is 188. The Morgan fingerprint density at radius 2 is 1.67 bits per heavy atom. The first kappa shape index (κ1) is 11.2. The molecule has 0 N–H and O–H groups in total. The number of rotatable bonds is 3. The smallest absolute Gasteiger partial charge is 0.302 e. The summed E-state index contributed by atoms with van der Waals surface area (Å²) < 4.78 is 9.76. The van der Waals surface area contributed by atoms with E-state index < -0.39 is 8.32 Å². The Balaban J connectivity index is 3.86. The van der Waals surface area contributed by atoms with Gasteiger partial charge in [-0.05, 0) is 13.1 Å². The second-order valence-corrected chi connectivity index (χ2v) is 7.15. The zero-order valence-electron chi connectivity index (χ0n) is 7.84. The molecular formula is C7H14O4Si. The van der Waals surface area contributed by atoms with Crippen LogP contribution in [0.25, 0.3) is 0 Å². The van der Waals surface area contributed by atoms with Gasteiger partial charge in [0.05, 0.1) is 0 Å². The molecule has 0 fully saturated rings. The van der Waals surface area contributed by atoms with Crippen molar-refractivity contribution in [2.45, 2.75) is 26.9 Å². The normalized spacial score (nSPS) is 10.7. The summed E-state index contributed by atoms with van der Waals surface area (Å²) in [6.07, 6.45) is 0.224. The summed E-state index contributed by atoms with van der Waals surface area (Å²) in [5.74, 6) is -0.665. The van der Waals surface area contributed by atoms with Crippen molar-refractivity contribution in [3.05, 3.63) is 0 Å². The van der Waals surface area contributed by atoms with Crippen molar-refractivity contribution in [2.75, 3.05) is 6.23 Å². The maximum absolute atomic E-state index is 10.6. The Labute approximate surface area is 73.0 Å². The third kappa shape index (κ3) is 5.91. The highest BCUT2D eigenvalue weighted by molar-refractivity contribution is 6.72. The van der Waals surface area contributed by atoms with Crippen LogP contribution in [0.1, 0.15) is 13.8 Å². The molecule has 70 valence electrons. The summed E-state index contributed by atoms with van der Waals surface area (Å²) in [4.78, 5) is 21.0. The van der Waals surface area contributed by atoms with E-state index in [1.807, 2.05) is 13.1 Å². The van der Waals surface area contributed by atoms with Gasteiger partial charge < -0.3 is 9.16 Å². The van der Waals surface area contributed by atoms with Gasteiger partial charge in [-0.1, -0.05) is 0 Å². The standard InChI is InChI=1S/C7H14O4Si/c1-6(8)10-5-12(3,4)11-7(2)9/h5H2,1-4H3. The Morgan fingerprint density at radius 3 is 2.00 bits per heavy atom. The number of esters is 1. The molecule has 0 aliphatic rings. The van der Waals surface area contributed by atoms with Crippen LogP contribution in [0.5, 0.6) is 0 Å². The molecular weight excluding hydrogens is 176 g/mol. The number of hydrogen-bond donors (Lipinski definition) is 0. The molecule has 5 heteroatoms. The van der Waals surface area contributed by atoms with Crippen LogP contribution in [0, 0.1) is 0 Å². The maximum Gasteiger partial charge on any atom is 0.302 e. The fourth-order valence-corrected chi connectivity index (χ4v) is 2.08. The quantitative estimate of drug-likeness (QED) is 0.489. The maximum atomic E-state index is 10.6. The molecule has 0 amide bonds. The highest BCUT2D eigenvalue weighted by Gasteiger charge is 2.27. The van der Waals surface area contributed by atoms with E-state index in [-0.39, 0.29) is 18.2 Å². The molecule has 0 atom stereocenters. The Hall–Kier alpha value is -0.843. The average Bonchev–Trinajstić information content (AvgIpc) is 1.81. The fourth-order valence-electron chi connectivity index (χ4n) is 0.694. The molecule has 0 aliphatic heterocycles. The lowest BCUT2D eigenvalue weighted by Crippen LogP contribution is -2.39. The number of ether oxygens (including phenoxy) is 1. The summed E-state index contributed by atoms with van der Waals surface area (Å²) >= 11 is 0. The van der Waals surface area contributed by atoms with Gasteiger partial charge in [-0.2, -0.15) is 0 Å². The van der Waals surface area contributed by atoms with Gasteiger partial charge in [-0.15, -0.1) is 0 Å². The van der Waals surface area contributed by atoms with Crippen molar-refractivity contribution < 1.29 is 18.8 Å². The molecule has 0 bridgehead atoms. The van der Waals surface area contributed by atoms with Crippen LogP contribution in [0.3, 0.4) is 0 Å². The van der Waals surface area contributed by atoms with Crippen molar-refractivity contribution in [1.29, 1.82) is 0 Å². The summed E-state index contributed by atoms with van der Waals surface area (Å²) in [5.41, 5.74) is 0. The summed E-state index contributed by atoms with van der Waals surface area (Å²) in [5, 5.41) is 0. The van der Waals surface area contributed by atoms with Gasteiger partial charge in [0, 0.05) is 13.8 Å². The van der Waals surface area contributed by atoms with Crippen LogP contribution >= 0.6 is 0 Å². The molecule has 0 saturated carbocycles. The molecule has 0 aromatic heterocycles. The lowest BCUT2D eigenvalue weighted by Gasteiger charge is -2.20. The molecule has 12 heavy (non-hydrogen) atoms. The van der Waals surface area contributed by atoms with Crippen LogP contribution in [0.2, 0.25) is 13.1 Å². The topological polar surface area (TPSA) is 52.6 Å². The van der Waals surface area contributed by atoms with Gasteiger partial charge in [0.25, 0.3) is 14.3 Å². The van der Waals surface area contributed by atoms with Gasteiger partial charge in [0.15, 0.2) is 0 Å². The van der Waals surface area contributed by atoms with Crippen molar-refractivity contribution in [1.82, 2.24) is 0 Å². The van der Waals surface area contributed by atoms with Gasteiger partial charge in [0.1, 0.15) is 6.23 Å². The zero-order valence-corrected chi connectivity index (χ0v) is 8.84. The van der Waals surface area contributed by atoms with Crippen LogP contribution in [0.15, 0.2) is 0 Å². The Kier molecular flexibility index (Phi) is 3.95. The summed E-state index contributed by atoms with van der Waals surface area (Å²) in [6.45, 7) is 6.31. The molecule has 0 rings (SSSR count). The number of carbonyl (C=O) groups is 2. The van der Waals surface area contributed by atoms with Crippen LogP contribution < -0.4 is 0 Å². The predicted molar refractivity (Wildman–Crippen MR) is 45.9 cm³/mol. The van der Waals surface area contributed by atoms with E-state index in [9.17, 15) is 9.59 Å². The van der Waals surface area contributed by atoms with Crippen molar-refractivity contribution >= 4 is 20.3 Å². The van der Waals surface area contributed by atoms with Crippen LogP contribution in [0.4, 0.5) is 0 Å². The monoisotopic (exact) mass is 190 g/mol. The molecule has 0 spiro atoms. The summed E-state index contributed by atoms with van der Waals surface area (Å²) in [6, 6.07) is 0. The van der Waals surface area contributed by atoms with E-state index in [0.717, 1.165) is 0 Å². The molecule has 4 nitrogen and oxygen atoms in total. The SMILES string of the molecule is CC(=O)OC[Si](C)(C)OC(C)=O. The molecule has 0 radical (unpaired) electrons. The Morgan fingerprint density at radius 1 is 1.17 bits per heavy atom. The molecule has 0 saturated heterocycles. The first-order valence-electron chi connectivity index (χ1n) is 3.66. The van der Waals surface area contributed by atoms with Crippen molar-refractivity contribution in [2.24, 2.45) is 0 Å². The van der Waals surface area contributed by atoms with E-state index in [1.54, 1.807) is 0 Å². The second-order valence-electron chi connectivity index (χ2n) is 3.13. The van der Waals surface area contributed by atoms with Gasteiger partial charge in [0.2, 0.25) is 0 Å². The highest BCUT2D eigenvalue weighted by Crippen LogP contribution is 2.04. The zero-order chi connectivity index (χ0) is 9.78. The minimum atomic E-state index is -2.12. The minimum Gasteiger partial charge on any atom is -0.516 e. The fraction of sp³-hybridized carbons (Fsp3) is 0.714. The van der Waals surface area contributed by atoms with Gasteiger partial charge in [-0.25, -0.2) is 0 Å².